The molecule has 1 aromatic rings. The van der Waals surface area contributed by atoms with Crippen molar-refractivity contribution in [2.24, 2.45) is 5.92 Å². The summed E-state index contributed by atoms with van der Waals surface area (Å²) in [7, 11) is 0. The fraction of sp³-hybridized carbons (Fsp3) is 0.500. The zero-order valence-electron chi connectivity index (χ0n) is 9.89. The lowest BCUT2D eigenvalue weighted by atomic mass is 10.0. The summed E-state index contributed by atoms with van der Waals surface area (Å²) in [5, 5.41) is 20.7. The molecule has 0 aliphatic carbocycles. The maximum absolute atomic E-state index is 10.6. The zero-order chi connectivity index (χ0) is 12.7. The van der Waals surface area contributed by atoms with Gasteiger partial charge in [0.25, 0.3) is 0 Å². The summed E-state index contributed by atoms with van der Waals surface area (Å²) in [6.45, 7) is 3.02. The number of aromatic carboxylic acids is 1. The number of nitrogens with zero attached hydrogens (tertiary/aromatic N) is 1. The van der Waals surface area contributed by atoms with Crippen molar-refractivity contribution in [1.82, 2.24) is 4.98 Å². The van der Waals surface area contributed by atoms with Crippen molar-refractivity contribution in [3.05, 3.63) is 24.0 Å². The Morgan fingerprint density at radius 3 is 2.76 bits per heavy atom. The van der Waals surface area contributed by atoms with Gasteiger partial charge in [0.05, 0.1) is 11.9 Å². The number of aliphatic hydroxyl groups excluding tert-OH is 1. The van der Waals surface area contributed by atoms with E-state index < -0.39 is 5.97 Å². The Morgan fingerprint density at radius 2 is 2.29 bits per heavy atom. The van der Waals surface area contributed by atoms with Gasteiger partial charge in [0.1, 0.15) is 5.69 Å². The molecule has 1 rings (SSSR count). The Balaban J connectivity index is 2.48. The average molecular weight is 238 g/mol. The monoisotopic (exact) mass is 238 g/mol. The van der Waals surface area contributed by atoms with Gasteiger partial charge in [-0.1, -0.05) is 13.3 Å². The molecule has 0 aliphatic heterocycles. The summed E-state index contributed by atoms with van der Waals surface area (Å²) < 4.78 is 0. The number of hydrogen-bond donors (Lipinski definition) is 3. The summed E-state index contributed by atoms with van der Waals surface area (Å²) in [5.41, 5.74) is 0.837. The van der Waals surface area contributed by atoms with Crippen LogP contribution in [0.5, 0.6) is 0 Å². The van der Waals surface area contributed by atoms with Gasteiger partial charge in [0, 0.05) is 13.2 Å². The summed E-state index contributed by atoms with van der Waals surface area (Å²) in [4.78, 5) is 14.4. The number of aliphatic hydroxyl groups is 1. The molecule has 1 atom stereocenters. The summed E-state index contributed by atoms with van der Waals surface area (Å²) in [5.74, 6) is -0.609. The van der Waals surface area contributed by atoms with E-state index in [9.17, 15) is 4.79 Å². The number of carboxylic acids is 1. The van der Waals surface area contributed by atoms with E-state index in [0.717, 1.165) is 25.1 Å². The molecule has 0 saturated heterocycles. The summed E-state index contributed by atoms with van der Waals surface area (Å²) in [6, 6.07) is 3.17. The number of rotatable bonds is 7. The van der Waals surface area contributed by atoms with Crippen molar-refractivity contribution in [3.63, 3.8) is 0 Å². The highest BCUT2D eigenvalue weighted by Crippen LogP contribution is 2.11. The van der Waals surface area contributed by atoms with Crippen molar-refractivity contribution in [1.29, 1.82) is 0 Å². The summed E-state index contributed by atoms with van der Waals surface area (Å²) in [6.07, 6.45) is 3.27. The van der Waals surface area contributed by atoms with Gasteiger partial charge in [-0.3, -0.25) is 0 Å². The molecular formula is C12H18N2O3. The maximum Gasteiger partial charge on any atom is 0.354 e. The van der Waals surface area contributed by atoms with Crippen LogP contribution in [0.25, 0.3) is 0 Å². The molecule has 5 nitrogen and oxygen atoms in total. The van der Waals surface area contributed by atoms with Crippen LogP contribution >= 0.6 is 0 Å². The Kier molecular flexibility index (Phi) is 5.42. The van der Waals surface area contributed by atoms with Crippen LogP contribution in [-0.2, 0) is 0 Å². The van der Waals surface area contributed by atoms with Crippen molar-refractivity contribution in [3.8, 4) is 0 Å². The molecule has 0 fully saturated rings. The maximum atomic E-state index is 10.6. The van der Waals surface area contributed by atoms with Crippen LogP contribution in [0.3, 0.4) is 0 Å². The third kappa shape index (κ3) is 4.40. The smallest absolute Gasteiger partial charge is 0.354 e. The number of carboxylic acid groups (broad SMARTS) is 1. The van der Waals surface area contributed by atoms with E-state index in [1.54, 1.807) is 6.07 Å². The first-order chi connectivity index (χ1) is 8.17. The molecule has 0 amide bonds. The number of carbonyl (C=O) groups is 1. The molecule has 17 heavy (non-hydrogen) atoms. The topological polar surface area (TPSA) is 82.5 Å². The molecule has 0 bridgehead atoms. The minimum Gasteiger partial charge on any atom is -0.477 e. The van der Waals surface area contributed by atoms with E-state index in [0.29, 0.717) is 5.92 Å². The largest absolute Gasteiger partial charge is 0.477 e. The van der Waals surface area contributed by atoms with Gasteiger partial charge >= 0.3 is 5.97 Å². The van der Waals surface area contributed by atoms with Crippen LogP contribution in [-0.4, -0.2) is 34.3 Å². The van der Waals surface area contributed by atoms with Crippen LogP contribution in [0.2, 0.25) is 0 Å². The first kappa shape index (κ1) is 13.4. The normalized spacial score (nSPS) is 12.1. The third-order valence-corrected chi connectivity index (χ3v) is 2.69. The summed E-state index contributed by atoms with van der Waals surface area (Å²) >= 11 is 0. The lowest BCUT2D eigenvalue weighted by molar-refractivity contribution is 0.0690. The van der Waals surface area contributed by atoms with Gasteiger partial charge in [0.2, 0.25) is 0 Å². The molecule has 1 heterocycles. The molecule has 0 spiro atoms. The van der Waals surface area contributed by atoms with Crippen molar-refractivity contribution < 1.29 is 15.0 Å². The number of aromatic nitrogens is 1. The van der Waals surface area contributed by atoms with Crippen LogP contribution in [0.15, 0.2) is 18.3 Å². The Labute approximate surface area is 101 Å². The third-order valence-electron chi connectivity index (χ3n) is 2.69. The lowest BCUT2D eigenvalue weighted by Crippen LogP contribution is -2.15. The molecular weight excluding hydrogens is 220 g/mol. The number of hydrogen-bond acceptors (Lipinski definition) is 4. The quantitative estimate of drug-likeness (QED) is 0.672. The number of anilines is 1. The van der Waals surface area contributed by atoms with Crippen molar-refractivity contribution >= 4 is 11.7 Å². The van der Waals surface area contributed by atoms with Gasteiger partial charge in [-0.05, 0) is 24.5 Å². The minimum atomic E-state index is -1.02. The second-order valence-electron chi connectivity index (χ2n) is 3.90. The van der Waals surface area contributed by atoms with Gasteiger partial charge < -0.3 is 15.5 Å². The first-order valence-corrected chi connectivity index (χ1v) is 5.71. The fourth-order valence-corrected chi connectivity index (χ4v) is 1.52. The predicted molar refractivity (Wildman–Crippen MR) is 65.2 cm³/mol. The molecule has 0 aliphatic rings. The van der Waals surface area contributed by atoms with Gasteiger partial charge in [-0.15, -0.1) is 0 Å². The highest BCUT2D eigenvalue weighted by Gasteiger charge is 2.06. The van der Waals surface area contributed by atoms with E-state index in [1.807, 2.05) is 0 Å². The second kappa shape index (κ2) is 6.85. The van der Waals surface area contributed by atoms with E-state index in [2.05, 4.69) is 17.2 Å². The highest BCUT2D eigenvalue weighted by atomic mass is 16.4. The van der Waals surface area contributed by atoms with E-state index in [4.69, 9.17) is 10.2 Å². The zero-order valence-corrected chi connectivity index (χ0v) is 9.89. The molecule has 0 aromatic carbocycles. The van der Waals surface area contributed by atoms with Gasteiger partial charge in [-0.2, -0.15) is 0 Å². The molecule has 0 radical (unpaired) electrons. The van der Waals surface area contributed by atoms with Crippen molar-refractivity contribution in [2.45, 2.75) is 19.8 Å². The predicted octanol–water partition coefficient (Wildman–Crippen LogP) is 1.60. The highest BCUT2D eigenvalue weighted by molar-refractivity contribution is 5.85. The average Bonchev–Trinajstić information content (AvgIpc) is 2.35. The molecule has 1 aromatic heterocycles. The standard InChI is InChI=1S/C12H18N2O3/c1-2-9(5-6-15)7-13-10-3-4-11(12(16)17)14-8-10/h3-4,8-9,13,15H,2,5-7H2,1H3,(H,16,17). The fourth-order valence-electron chi connectivity index (χ4n) is 1.52. The van der Waals surface area contributed by atoms with Crippen LogP contribution in [0.1, 0.15) is 30.3 Å². The Morgan fingerprint density at radius 1 is 1.53 bits per heavy atom. The number of nitrogens with one attached hydrogen (secondary N) is 1. The lowest BCUT2D eigenvalue weighted by Gasteiger charge is -2.14. The first-order valence-electron chi connectivity index (χ1n) is 5.71. The van der Waals surface area contributed by atoms with E-state index >= 15 is 0 Å². The Bertz CT molecular complexity index is 351. The number of pyridine rings is 1. The molecule has 1 unspecified atom stereocenters. The van der Waals surface area contributed by atoms with Crippen LogP contribution < -0.4 is 5.32 Å². The minimum absolute atomic E-state index is 0.0398. The molecule has 3 N–H and O–H groups in total. The molecule has 0 saturated carbocycles. The Hall–Kier alpha value is -1.62. The van der Waals surface area contributed by atoms with Crippen LogP contribution in [0, 0.1) is 5.92 Å². The second-order valence-corrected chi connectivity index (χ2v) is 3.90. The SMILES string of the molecule is CCC(CCO)CNc1ccc(C(=O)O)nc1. The van der Waals surface area contributed by atoms with Crippen molar-refractivity contribution in [2.75, 3.05) is 18.5 Å². The van der Waals surface area contributed by atoms with E-state index in [-0.39, 0.29) is 12.3 Å². The van der Waals surface area contributed by atoms with E-state index in [1.165, 1.54) is 12.3 Å². The molecule has 94 valence electrons. The van der Waals surface area contributed by atoms with Gasteiger partial charge in [0.15, 0.2) is 0 Å². The van der Waals surface area contributed by atoms with Crippen LogP contribution in [0.4, 0.5) is 5.69 Å². The van der Waals surface area contributed by atoms with Gasteiger partial charge in [-0.25, -0.2) is 9.78 Å². The molecule has 5 heteroatoms.